The second-order valence-electron chi connectivity index (χ2n) is 4.03. The topological polar surface area (TPSA) is 75.3 Å². The summed E-state index contributed by atoms with van der Waals surface area (Å²) in [5, 5.41) is 3.07. The Balaban J connectivity index is 2.55. The van der Waals surface area contributed by atoms with Crippen LogP contribution in [0.3, 0.4) is 0 Å². The number of amides is 1. The zero-order valence-electron chi connectivity index (χ0n) is 9.12. The molecule has 88 valence electrons. The van der Waals surface area contributed by atoms with Crippen molar-refractivity contribution in [3.8, 4) is 0 Å². The highest BCUT2D eigenvalue weighted by Crippen LogP contribution is 2.15. The van der Waals surface area contributed by atoms with Crippen molar-refractivity contribution in [2.45, 2.75) is 20.3 Å². The minimum atomic E-state index is -3.42. The summed E-state index contributed by atoms with van der Waals surface area (Å²) < 4.78 is 24.8. The molecule has 1 saturated heterocycles. The maximum absolute atomic E-state index is 11.6. The van der Waals surface area contributed by atoms with Gasteiger partial charge in [-0.05, 0) is 18.9 Å². The van der Waals surface area contributed by atoms with Gasteiger partial charge in [-0.25, -0.2) is 8.42 Å². The van der Waals surface area contributed by atoms with E-state index in [9.17, 15) is 13.2 Å². The number of rotatable bonds is 4. The second-order valence-corrected chi connectivity index (χ2v) is 5.87. The Morgan fingerprint density at radius 2 is 2.13 bits per heavy atom. The zero-order valence-corrected chi connectivity index (χ0v) is 9.93. The molecular weight excluding hydrogens is 216 g/mol. The molecule has 0 aliphatic carbocycles. The largest absolute Gasteiger partial charge is 0.316 e. The molecule has 1 heterocycles. The van der Waals surface area contributed by atoms with Gasteiger partial charge in [0.15, 0.2) is 0 Å². The van der Waals surface area contributed by atoms with E-state index in [1.165, 1.54) is 0 Å². The molecule has 1 amide bonds. The number of carbonyl (C=O) groups is 1. The van der Waals surface area contributed by atoms with Gasteiger partial charge in [0.2, 0.25) is 15.9 Å². The third kappa shape index (κ3) is 3.46. The van der Waals surface area contributed by atoms with Crippen LogP contribution in [0.4, 0.5) is 0 Å². The maximum atomic E-state index is 11.6. The lowest BCUT2D eigenvalue weighted by Crippen LogP contribution is -2.39. The first-order chi connectivity index (χ1) is 6.96. The van der Waals surface area contributed by atoms with E-state index in [0.29, 0.717) is 13.0 Å². The third-order valence-corrected chi connectivity index (χ3v) is 4.04. The summed E-state index contributed by atoms with van der Waals surface area (Å²) >= 11 is 0. The van der Waals surface area contributed by atoms with Crippen molar-refractivity contribution >= 4 is 15.9 Å². The van der Waals surface area contributed by atoms with Crippen LogP contribution in [0.25, 0.3) is 0 Å². The van der Waals surface area contributed by atoms with Crippen LogP contribution in [-0.4, -0.2) is 33.2 Å². The summed E-state index contributed by atoms with van der Waals surface area (Å²) in [6, 6.07) is 0. The molecule has 1 aliphatic heterocycles. The van der Waals surface area contributed by atoms with Gasteiger partial charge in [0, 0.05) is 6.54 Å². The van der Waals surface area contributed by atoms with E-state index in [4.69, 9.17) is 0 Å². The standard InChI is InChI=1S/C9H18N2O3S/c1-3-4-15(13,14)11-9(12)8-6-10-5-7(8)2/h7-8,10H,3-6H2,1-2H3,(H,11,12)/t7-,8-/m1/s1. The molecule has 1 rings (SSSR count). The van der Waals surface area contributed by atoms with E-state index in [1.807, 2.05) is 6.92 Å². The Kier molecular flexibility index (Phi) is 4.10. The Hall–Kier alpha value is -0.620. The Morgan fingerprint density at radius 1 is 1.47 bits per heavy atom. The van der Waals surface area contributed by atoms with Gasteiger partial charge >= 0.3 is 0 Å². The van der Waals surface area contributed by atoms with Crippen molar-refractivity contribution in [2.24, 2.45) is 11.8 Å². The van der Waals surface area contributed by atoms with Crippen LogP contribution in [0.2, 0.25) is 0 Å². The minimum absolute atomic E-state index is 0.00721. The summed E-state index contributed by atoms with van der Waals surface area (Å²) in [6.07, 6.45) is 0.515. The van der Waals surface area contributed by atoms with Crippen molar-refractivity contribution in [2.75, 3.05) is 18.8 Å². The predicted octanol–water partition coefficient (Wildman–Crippen LogP) is -0.302. The van der Waals surface area contributed by atoms with Gasteiger partial charge in [-0.3, -0.25) is 9.52 Å². The molecule has 0 unspecified atom stereocenters. The Morgan fingerprint density at radius 3 is 2.60 bits per heavy atom. The van der Waals surface area contributed by atoms with Crippen molar-refractivity contribution in [1.82, 2.24) is 10.0 Å². The average Bonchev–Trinajstić information content (AvgIpc) is 2.50. The molecule has 0 aromatic carbocycles. The maximum Gasteiger partial charge on any atom is 0.238 e. The molecule has 1 aliphatic rings. The van der Waals surface area contributed by atoms with Crippen LogP contribution in [0.15, 0.2) is 0 Å². The molecule has 2 N–H and O–H groups in total. The fraction of sp³-hybridized carbons (Fsp3) is 0.889. The summed E-state index contributed by atoms with van der Waals surface area (Å²) in [6.45, 7) is 5.04. The van der Waals surface area contributed by atoms with E-state index in [-0.39, 0.29) is 23.5 Å². The highest BCUT2D eigenvalue weighted by atomic mass is 32.2. The molecule has 6 heteroatoms. The molecule has 1 fully saturated rings. The predicted molar refractivity (Wildman–Crippen MR) is 57.7 cm³/mol. The van der Waals surface area contributed by atoms with Gasteiger partial charge in [0.25, 0.3) is 0 Å². The second kappa shape index (κ2) is 4.94. The lowest BCUT2D eigenvalue weighted by molar-refractivity contribution is -0.123. The van der Waals surface area contributed by atoms with Crippen LogP contribution < -0.4 is 10.0 Å². The van der Waals surface area contributed by atoms with E-state index in [1.54, 1.807) is 6.92 Å². The fourth-order valence-electron chi connectivity index (χ4n) is 1.71. The first-order valence-corrected chi connectivity index (χ1v) is 6.86. The molecule has 0 bridgehead atoms. The Bertz CT molecular complexity index is 326. The van der Waals surface area contributed by atoms with Crippen molar-refractivity contribution in [3.63, 3.8) is 0 Å². The monoisotopic (exact) mass is 234 g/mol. The molecule has 0 aromatic heterocycles. The molecule has 0 radical (unpaired) electrons. The summed E-state index contributed by atoms with van der Waals surface area (Å²) in [5.41, 5.74) is 0. The van der Waals surface area contributed by atoms with Gasteiger partial charge in [0.05, 0.1) is 11.7 Å². The molecule has 15 heavy (non-hydrogen) atoms. The molecule has 0 aromatic rings. The summed E-state index contributed by atoms with van der Waals surface area (Å²) in [5.74, 6) is -0.396. The molecule has 0 spiro atoms. The zero-order chi connectivity index (χ0) is 11.5. The number of hydrogen-bond acceptors (Lipinski definition) is 4. The quantitative estimate of drug-likeness (QED) is 0.700. The summed E-state index contributed by atoms with van der Waals surface area (Å²) in [7, 11) is -3.42. The van der Waals surface area contributed by atoms with E-state index < -0.39 is 10.0 Å². The van der Waals surface area contributed by atoms with Crippen LogP contribution >= 0.6 is 0 Å². The fourth-order valence-corrected chi connectivity index (χ4v) is 2.81. The molecule has 0 saturated carbocycles. The first-order valence-electron chi connectivity index (χ1n) is 5.21. The summed E-state index contributed by atoms with van der Waals surface area (Å²) in [4.78, 5) is 11.6. The smallest absolute Gasteiger partial charge is 0.238 e. The van der Waals surface area contributed by atoms with Gasteiger partial charge in [-0.2, -0.15) is 0 Å². The Labute approximate surface area is 90.7 Å². The number of sulfonamides is 1. The minimum Gasteiger partial charge on any atom is -0.316 e. The van der Waals surface area contributed by atoms with Crippen LogP contribution in [0.1, 0.15) is 20.3 Å². The van der Waals surface area contributed by atoms with Crippen molar-refractivity contribution in [1.29, 1.82) is 0 Å². The highest BCUT2D eigenvalue weighted by molar-refractivity contribution is 7.90. The van der Waals surface area contributed by atoms with Gasteiger partial charge in [0.1, 0.15) is 0 Å². The van der Waals surface area contributed by atoms with Crippen molar-refractivity contribution < 1.29 is 13.2 Å². The van der Waals surface area contributed by atoms with Crippen LogP contribution in [-0.2, 0) is 14.8 Å². The molecular formula is C9H18N2O3S. The normalized spacial score (nSPS) is 26.5. The number of carbonyl (C=O) groups excluding carboxylic acids is 1. The van der Waals surface area contributed by atoms with E-state index in [2.05, 4.69) is 10.0 Å². The van der Waals surface area contributed by atoms with Crippen LogP contribution in [0, 0.1) is 11.8 Å². The lowest BCUT2D eigenvalue weighted by atomic mass is 9.98. The molecule has 5 nitrogen and oxygen atoms in total. The SMILES string of the molecule is CCCS(=O)(=O)NC(=O)[C@@H]1CNC[C@H]1C. The average molecular weight is 234 g/mol. The number of hydrogen-bond donors (Lipinski definition) is 2. The third-order valence-electron chi connectivity index (χ3n) is 2.58. The van der Waals surface area contributed by atoms with Gasteiger partial charge in [-0.15, -0.1) is 0 Å². The molecule has 2 atom stereocenters. The number of nitrogens with one attached hydrogen (secondary N) is 2. The highest BCUT2D eigenvalue weighted by Gasteiger charge is 2.31. The van der Waals surface area contributed by atoms with Gasteiger partial charge < -0.3 is 5.32 Å². The van der Waals surface area contributed by atoms with Gasteiger partial charge in [-0.1, -0.05) is 13.8 Å². The van der Waals surface area contributed by atoms with E-state index >= 15 is 0 Å². The van der Waals surface area contributed by atoms with Crippen LogP contribution in [0.5, 0.6) is 0 Å². The van der Waals surface area contributed by atoms with E-state index in [0.717, 1.165) is 6.54 Å². The van der Waals surface area contributed by atoms with Crippen molar-refractivity contribution in [3.05, 3.63) is 0 Å². The lowest BCUT2D eigenvalue weighted by Gasteiger charge is -2.13. The first kappa shape index (κ1) is 12.4.